The minimum absolute atomic E-state index is 0.0337. The molecule has 2 fully saturated rings. The molecule has 1 saturated carbocycles. The lowest BCUT2D eigenvalue weighted by atomic mass is 10.1. The number of piperazine rings is 1. The summed E-state index contributed by atoms with van der Waals surface area (Å²) in [4.78, 5) is 29.7. The van der Waals surface area contributed by atoms with Gasteiger partial charge in [0, 0.05) is 50.2 Å². The van der Waals surface area contributed by atoms with E-state index < -0.39 is 17.8 Å². The number of hydrogen-bond acceptors (Lipinski definition) is 5. The summed E-state index contributed by atoms with van der Waals surface area (Å²) in [5.74, 6) is -1.10. The number of halogens is 2. The SMILES string of the molecule is C=C(/C=C\C(F)=C/C)[C@@H]1C[C@H]1NCCOC[C@H](NC(=O)c1ccc(F)cc1)C(=O)N1CCN(C)CC1. The van der Waals surface area contributed by atoms with Crippen LogP contribution in [-0.4, -0.2) is 86.7 Å². The number of likely N-dealkylation sites (N-methyl/N-ethyl adjacent to an activating group) is 1. The molecule has 0 aromatic heterocycles. The van der Waals surface area contributed by atoms with Crippen LogP contribution in [0, 0.1) is 11.7 Å². The fourth-order valence-corrected chi connectivity index (χ4v) is 4.02. The zero-order valence-corrected chi connectivity index (χ0v) is 21.0. The van der Waals surface area contributed by atoms with Crippen LogP contribution in [0.5, 0.6) is 0 Å². The van der Waals surface area contributed by atoms with Gasteiger partial charge in [0.2, 0.25) is 5.91 Å². The summed E-state index contributed by atoms with van der Waals surface area (Å²) >= 11 is 0. The number of rotatable bonds is 12. The van der Waals surface area contributed by atoms with E-state index in [-0.39, 0.29) is 35.9 Å². The van der Waals surface area contributed by atoms with Crippen molar-refractivity contribution in [2.24, 2.45) is 5.92 Å². The molecule has 1 aliphatic heterocycles. The van der Waals surface area contributed by atoms with Gasteiger partial charge in [-0.1, -0.05) is 24.3 Å². The first-order valence-electron chi connectivity index (χ1n) is 12.3. The molecule has 1 heterocycles. The molecule has 0 spiro atoms. The van der Waals surface area contributed by atoms with Crippen LogP contribution in [0.15, 0.2) is 60.5 Å². The van der Waals surface area contributed by atoms with Crippen molar-refractivity contribution in [2.75, 3.05) is 53.0 Å². The number of nitrogens with zero attached hydrogens (tertiary/aromatic N) is 2. The molecule has 0 bridgehead atoms. The summed E-state index contributed by atoms with van der Waals surface area (Å²) in [6.07, 6.45) is 5.45. The van der Waals surface area contributed by atoms with Crippen LogP contribution in [0.25, 0.3) is 0 Å². The molecular formula is C27H36F2N4O3. The van der Waals surface area contributed by atoms with Gasteiger partial charge in [-0.2, -0.15) is 0 Å². The van der Waals surface area contributed by atoms with E-state index in [0.29, 0.717) is 26.2 Å². The molecule has 1 aromatic carbocycles. The van der Waals surface area contributed by atoms with Gasteiger partial charge < -0.3 is 25.2 Å². The monoisotopic (exact) mass is 502 g/mol. The van der Waals surface area contributed by atoms with E-state index in [1.54, 1.807) is 17.9 Å². The second-order valence-corrected chi connectivity index (χ2v) is 9.22. The normalized spacial score (nSPS) is 21.4. The molecule has 196 valence electrons. The van der Waals surface area contributed by atoms with Crippen LogP contribution in [0.3, 0.4) is 0 Å². The predicted molar refractivity (Wildman–Crippen MR) is 136 cm³/mol. The molecule has 1 aromatic rings. The van der Waals surface area contributed by atoms with Crippen LogP contribution in [0.4, 0.5) is 8.78 Å². The van der Waals surface area contributed by atoms with Crippen molar-refractivity contribution in [3.63, 3.8) is 0 Å². The van der Waals surface area contributed by atoms with Crippen LogP contribution in [0.2, 0.25) is 0 Å². The van der Waals surface area contributed by atoms with E-state index in [1.807, 2.05) is 7.05 Å². The van der Waals surface area contributed by atoms with E-state index in [4.69, 9.17) is 4.74 Å². The molecule has 7 nitrogen and oxygen atoms in total. The summed E-state index contributed by atoms with van der Waals surface area (Å²) in [6.45, 7) is 9.31. The van der Waals surface area contributed by atoms with Crippen LogP contribution in [0.1, 0.15) is 23.7 Å². The Bertz CT molecular complexity index is 972. The van der Waals surface area contributed by atoms with Gasteiger partial charge in [-0.3, -0.25) is 9.59 Å². The van der Waals surface area contributed by atoms with E-state index >= 15 is 0 Å². The predicted octanol–water partition coefficient (Wildman–Crippen LogP) is 2.68. The molecular weight excluding hydrogens is 466 g/mol. The van der Waals surface area contributed by atoms with Crippen molar-refractivity contribution >= 4 is 11.8 Å². The number of allylic oxidation sites excluding steroid dienone is 4. The number of carbonyl (C=O) groups is 2. The third kappa shape index (κ3) is 8.36. The lowest BCUT2D eigenvalue weighted by Crippen LogP contribution is -2.55. The van der Waals surface area contributed by atoms with E-state index in [1.165, 1.54) is 36.4 Å². The number of carbonyl (C=O) groups excluding carboxylic acids is 2. The molecule has 3 rings (SSSR count). The first-order chi connectivity index (χ1) is 17.3. The second kappa shape index (κ2) is 13.4. The summed E-state index contributed by atoms with van der Waals surface area (Å²) in [6, 6.07) is 4.61. The Labute approximate surface area is 211 Å². The molecule has 2 N–H and O–H groups in total. The standard InChI is InChI=1S/C27H36F2N4O3/c1-4-21(28)8-5-19(2)23-17-24(23)30-11-16-36-18-25(27(35)33-14-12-32(3)13-15-33)31-26(34)20-6-9-22(29)10-7-20/h4-10,23-25,30H,2,11-18H2,1,3H3,(H,31,34)/b8-5-,21-4+/t23-,24+,25-/m0/s1. The van der Waals surface area contributed by atoms with Gasteiger partial charge in [0.15, 0.2) is 0 Å². The van der Waals surface area contributed by atoms with Crippen LogP contribution in [-0.2, 0) is 9.53 Å². The number of hydrogen-bond donors (Lipinski definition) is 2. The Morgan fingerprint density at radius 2 is 1.89 bits per heavy atom. The van der Waals surface area contributed by atoms with E-state index in [2.05, 4.69) is 22.1 Å². The van der Waals surface area contributed by atoms with E-state index in [0.717, 1.165) is 25.1 Å². The molecule has 2 aliphatic rings. The first-order valence-corrected chi connectivity index (χ1v) is 12.3. The molecule has 2 amide bonds. The number of amides is 2. The molecule has 9 heteroatoms. The molecule has 36 heavy (non-hydrogen) atoms. The largest absolute Gasteiger partial charge is 0.377 e. The fourth-order valence-electron chi connectivity index (χ4n) is 4.02. The van der Waals surface area contributed by atoms with E-state index in [9.17, 15) is 18.4 Å². The van der Waals surface area contributed by atoms with Crippen LogP contribution < -0.4 is 10.6 Å². The van der Waals surface area contributed by atoms with Gasteiger partial charge in [-0.25, -0.2) is 8.78 Å². The molecule has 0 unspecified atom stereocenters. The zero-order valence-electron chi connectivity index (χ0n) is 21.0. The molecule has 1 saturated heterocycles. The van der Waals surface area contributed by atoms with Gasteiger partial charge in [0.25, 0.3) is 5.91 Å². The van der Waals surface area contributed by atoms with Crippen molar-refractivity contribution < 1.29 is 23.1 Å². The number of ether oxygens (including phenoxy) is 1. The minimum Gasteiger partial charge on any atom is -0.377 e. The number of nitrogens with one attached hydrogen (secondary N) is 2. The summed E-state index contributed by atoms with van der Waals surface area (Å²) < 4.78 is 32.2. The highest BCUT2D eigenvalue weighted by Gasteiger charge is 2.37. The maximum absolute atomic E-state index is 13.2. The summed E-state index contributed by atoms with van der Waals surface area (Å²) in [7, 11) is 2.00. The highest BCUT2D eigenvalue weighted by molar-refractivity contribution is 5.97. The maximum atomic E-state index is 13.2. The zero-order chi connectivity index (χ0) is 26.1. The van der Waals surface area contributed by atoms with Crippen LogP contribution >= 0.6 is 0 Å². The molecule has 3 atom stereocenters. The molecule has 0 radical (unpaired) electrons. The Morgan fingerprint density at radius 1 is 1.19 bits per heavy atom. The van der Waals surface area contributed by atoms with Gasteiger partial charge in [-0.15, -0.1) is 0 Å². The number of benzene rings is 1. The Hall–Kier alpha value is -2.88. The highest BCUT2D eigenvalue weighted by atomic mass is 19.1. The molecule has 1 aliphatic carbocycles. The van der Waals surface area contributed by atoms with Crippen molar-refractivity contribution in [3.8, 4) is 0 Å². The Morgan fingerprint density at radius 3 is 2.56 bits per heavy atom. The topological polar surface area (TPSA) is 73.9 Å². The van der Waals surface area contributed by atoms with Gasteiger partial charge in [0.05, 0.1) is 13.2 Å². The third-order valence-corrected chi connectivity index (χ3v) is 6.46. The van der Waals surface area contributed by atoms with Gasteiger partial charge in [0.1, 0.15) is 17.7 Å². The van der Waals surface area contributed by atoms with Gasteiger partial charge >= 0.3 is 0 Å². The van der Waals surface area contributed by atoms with Crippen molar-refractivity contribution in [1.82, 2.24) is 20.4 Å². The maximum Gasteiger partial charge on any atom is 0.251 e. The summed E-state index contributed by atoms with van der Waals surface area (Å²) in [5, 5.41) is 6.14. The minimum atomic E-state index is -0.842. The second-order valence-electron chi connectivity index (χ2n) is 9.22. The lowest BCUT2D eigenvalue weighted by molar-refractivity contribution is -0.136. The van der Waals surface area contributed by atoms with Crippen molar-refractivity contribution in [3.05, 3.63) is 71.9 Å². The smallest absolute Gasteiger partial charge is 0.251 e. The average Bonchev–Trinajstić information content (AvgIpc) is 3.66. The summed E-state index contributed by atoms with van der Waals surface area (Å²) in [5.41, 5.74) is 1.16. The third-order valence-electron chi connectivity index (χ3n) is 6.46. The van der Waals surface area contributed by atoms with Crippen molar-refractivity contribution in [2.45, 2.75) is 25.4 Å². The quantitative estimate of drug-likeness (QED) is 0.340. The van der Waals surface area contributed by atoms with Gasteiger partial charge in [-0.05, 0) is 50.7 Å². The average molecular weight is 503 g/mol. The Balaban J connectivity index is 1.47. The fraction of sp³-hybridized carbons (Fsp3) is 0.481. The highest BCUT2D eigenvalue weighted by Crippen LogP contribution is 2.37. The Kier molecular flexibility index (Phi) is 10.3. The lowest BCUT2D eigenvalue weighted by Gasteiger charge is -2.34. The first kappa shape index (κ1) is 27.7. The van der Waals surface area contributed by atoms with Crippen molar-refractivity contribution in [1.29, 1.82) is 0 Å².